The summed E-state index contributed by atoms with van der Waals surface area (Å²) >= 11 is 0. The number of nitrogens with zero attached hydrogens (tertiary/aromatic N) is 1. The van der Waals surface area contributed by atoms with Crippen LogP contribution in [0.4, 0.5) is 0 Å². The van der Waals surface area contributed by atoms with Gasteiger partial charge in [0.15, 0.2) is 17.3 Å². The van der Waals surface area contributed by atoms with E-state index < -0.39 is 0 Å². The van der Waals surface area contributed by atoms with Crippen molar-refractivity contribution in [1.29, 1.82) is 0 Å². The second-order valence-electron chi connectivity index (χ2n) is 7.78. The Morgan fingerprint density at radius 3 is 2.55 bits per heavy atom. The lowest BCUT2D eigenvalue weighted by Gasteiger charge is -2.10. The van der Waals surface area contributed by atoms with E-state index in [0.29, 0.717) is 23.0 Å². The van der Waals surface area contributed by atoms with Gasteiger partial charge in [0, 0.05) is 29.9 Å². The zero-order chi connectivity index (χ0) is 21.8. The molecule has 1 fully saturated rings. The Labute approximate surface area is 181 Å². The molecule has 6 nitrogen and oxygen atoms in total. The quantitative estimate of drug-likeness (QED) is 0.376. The Bertz CT molecular complexity index is 1070. The molecule has 0 atom stereocenters. The highest BCUT2D eigenvalue weighted by Gasteiger charge is 2.32. The van der Waals surface area contributed by atoms with Gasteiger partial charge in [0.2, 0.25) is 5.91 Å². The van der Waals surface area contributed by atoms with Gasteiger partial charge in [-0.1, -0.05) is 30.3 Å². The number of allylic oxidation sites excluding steroid dienone is 2. The summed E-state index contributed by atoms with van der Waals surface area (Å²) in [6.45, 7) is 0. The third-order valence-corrected chi connectivity index (χ3v) is 5.66. The average molecular weight is 418 g/mol. The molecule has 160 valence electrons. The number of hydrazone groups is 1. The van der Waals surface area contributed by atoms with Gasteiger partial charge in [0.1, 0.15) is 0 Å². The number of hydrogen-bond acceptors (Lipinski definition) is 5. The number of methoxy groups -OCH3 is 2. The molecule has 0 aromatic heterocycles. The second-order valence-corrected chi connectivity index (χ2v) is 7.78. The first-order valence-electron chi connectivity index (χ1n) is 10.5. The minimum absolute atomic E-state index is 0.0737. The van der Waals surface area contributed by atoms with Gasteiger partial charge >= 0.3 is 0 Å². The fraction of sp³-hybridized carbons (Fsp3) is 0.320. The molecule has 2 aromatic carbocycles. The first-order chi connectivity index (χ1) is 15.1. The zero-order valence-corrected chi connectivity index (χ0v) is 17.8. The van der Waals surface area contributed by atoms with Crippen LogP contribution in [0.3, 0.4) is 0 Å². The van der Waals surface area contributed by atoms with Crippen molar-refractivity contribution in [3.8, 4) is 11.5 Å². The number of carbonyl (C=O) groups excluding carboxylic acids is 2. The van der Waals surface area contributed by atoms with Crippen molar-refractivity contribution in [3.05, 3.63) is 65.2 Å². The molecule has 2 aliphatic carbocycles. The zero-order valence-electron chi connectivity index (χ0n) is 17.8. The predicted octanol–water partition coefficient (Wildman–Crippen LogP) is 4.19. The van der Waals surface area contributed by atoms with Crippen molar-refractivity contribution in [2.45, 2.75) is 32.1 Å². The summed E-state index contributed by atoms with van der Waals surface area (Å²) in [4.78, 5) is 24.9. The van der Waals surface area contributed by atoms with Crippen molar-refractivity contribution in [1.82, 2.24) is 5.43 Å². The molecule has 0 radical (unpaired) electrons. The highest BCUT2D eigenvalue weighted by Crippen LogP contribution is 2.39. The first kappa shape index (κ1) is 20.8. The van der Waals surface area contributed by atoms with E-state index in [-0.39, 0.29) is 24.5 Å². The second kappa shape index (κ2) is 9.16. The molecule has 2 aromatic rings. The van der Waals surface area contributed by atoms with Crippen LogP contribution >= 0.6 is 0 Å². The van der Waals surface area contributed by atoms with E-state index in [4.69, 9.17) is 9.47 Å². The Morgan fingerprint density at radius 1 is 1.03 bits per heavy atom. The SMILES string of the molecule is COc1ccc(C(=O)CCC(=O)N/N=C(/C2=CCc3ccccc32)C2CC2)cc1OC. The minimum atomic E-state index is -0.265. The van der Waals surface area contributed by atoms with Crippen LogP contribution in [0.5, 0.6) is 11.5 Å². The van der Waals surface area contributed by atoms with Crippen LogP contribution in [-0.4, -0.2) is 31.6 Å². The molecule has 1 N–H and O–H groups in total. The maximum absolute atomic E-state index is 12.5. The summed E-state index contributed by atoms with van der Waals surface area (Å²) < 4.78 is 10.4. The summed E-state index contributed by atoms with van der Waals surface area (Å²) in [5.41, 5.74) is 7.72. The van der Waals surface area contributed by atoms with Gasteiger partial charge in [0.25, 0.3) is 0 Å². The van der Waals surface area contributed by atoms with Crippen molar-refractivity contribution in [2.75, 3.05) is 14.2 Å². The number of amides is 1. The number of ketones is 1. The Balaban J connectivity index is 1.37. The van der Waals surface area contributed by atoms with E-state index in [1.54, 1.807) is 25.3 Å². The van der Waals surface area contributed by atoms with Gasteiger partial charge < -0.3 is 9.47 Å². The largest absolute Gasteiger partial charge is 0.493 e. The van der Waals surface area contributed by atoms with Crippen LogP contribution in [0, 0.1) is 5.92 Å². The van der Waals surface area contributed by atoms with E-state index in [2.05, 4.69) is 28.7 Å². The molecule has 1 amide bonds. The topological polar surface area (TPSA) is 77.0 Å². The van der Waals surface area contributed by atoms with Crippen LogP contribution in [0.2, 0.25) is 0 Å². The minimum Gasteiger partial charge on any atom is -0.493 e. The smallest absolute Gasteiger partial charge is 0.240 e. The van der Waals surface area contributed by atoms with Crippen LogP contribution in [0.15, 0.2) is 53.6 Å². The normalized spacial score (nSPS) is 15.2. The number of ether oxygens (including phenoxy) is 2. The fourth-order valence-electron chi connectivity index (χ4n) is 3.81. The molecule has 1 saturated carbocycles. The number of carbonyl (C=O) groups is 2. The lowest BCUT2D eigenvalue weighted by molar-refractivity contribution is -0.121. The number of rotatable bonds is 9. The molecule has 6 heteroatoms. The maximum atomic E-state index is 12.5. The molecule has 31 heavy (non-hydrogen) atoms. The molecule has 0 unspecified atom stereocenters. The lowest BCUT2D eigenvalue weighted by Crippen LogP contribution is -2.21. The Hall–Kier alpha value is -3.41. The molecule has 4 rings (SSSR count). The molecule has 0 spiro atoms. The third kappa shape index (κ3) is 4.68. The molecular weight excluding hydrogens is 392 g/mol. The highest BCUT2D eigenvalue weighted by molar-refractivity contribution is 6.26. The summed E-state index contributed by atoms with van der Waals surface area (Å²) in [7, 11) is 3.06. The van der Waals surface area contributed by atoms with Crippen LogP contribution in [0.1, 0.15) is 47.2 Å². The molecule has 0 aliphatic heterocycles. The van der Waals surface area contributed by atoms with E-state index in [1.165, 1.54) is 18.2 Å². The molecule has 0 bridgehead atoms. The monoisotopic (exact) mass is 418 g/mol. The van der Waals surface area contributed by atoms with Gasteiger partial charge in [-0.3, -0.25) is 9.59 Å². The number of fused-ring (bicyclic) bond motifs is 1. The van der Waals surface area contributed by atoms with Crippen molar-refractivity contribution < 1.29 is 19.1 Å². The van der Waals surface area contributed by atoms with E-state index >= 15 is 0 Å². The van der Waals surface area contributed by atoms with Crippen molar-refractivity contribution in [3.63, 3.8) is 0 Å². The molecule has 2 aliphatic rings. The van der Waals surface area contributed by atoms with Crippen LogP contribution < -0.4 is 14.9 Å². The summed E-state index contributed by atoms with van der Waals surface area (Å²) in [5.74, 6) is 1.04. The predicted molar refractivity (Wildman–Crippen MR) is 120 cm³/mol. The number of hydrogen-bond donors (Lipinski definition) is 1. The van der Waals surface area contributed by atoms with E-state index in [0.717, 1.165) is 30.5 Å². The van der Waals surface area contributed by atoms with Crippen molar-refractivity contribution in [2.24, 2.45) is 11.0 Å². The average Bonchev–Trinajstić information content (AvgIpc) is 3.56. The number of nitrogens with one attached hydrogen (secondary N) is 1. The molecular formula is C25H26N2O4. The van der Waals surface area contributed by atoms with E-state index in [9.17, 15) is 9.59 Å². The molecule has 0 saturated heterocycles. The van der Waals surface area contributed by atoms with Gasteiger partial charge in [-0.05, 0) is 48.6 Å². The van der Waals surface area contributed by atoms with Gasteiger partial charge in [-0.2, -0.15) is 5.10 Å². The Morgan fingerprint density at radius 2 is 1.81 bits per heavy atom. The molecule has 0 heterocycles. The van der Waals surface area contributed by atoms with Gasteiger partial charge in [-0.15, -0.1) is 0 Å². The maximum Gasteiger partial charge on any atom is 0.240 e. The Kier molecular flexibility index (Phi) is 6.16. The number of benzene rings is 2. The standard InChI is InChI=1S/C25H26N2O4/c1-30-22-13-10-18(15-23(22)31-2)21(28)12-14-24(29)26-27-25(17-7-8-17)20-11-9-16-5-3-4-6-19(16)20/h3-6,10-11,13,15,17H,7-9,12,14H2,1-2H3,(H,26,29)/b27-25+. The van der Waals surface area contributed by atoms with Gasteiger partial charge in [0.05, 0.1) is 19.9 Å². The first-order valence-corrected chi connectivity index (χ1v) is 10.5. The van der Waals surface area contributed by atoms with E-state index in [1.807, 2.05) is 12.1 Å². The summed E-state index contributed by atoms with van der Waals surface area (Å²) in [6, 6.07) is 13.3. The van der Waals surface area contributed by atoms with Gasteiger partial charge in [-0.25, -0.2) is 5.43 Å². The highest BCUT2D eigenvalue weighted by atomic mass is 16.5. The van der Waals surface area contributed by atoms with Crippen molar-refractivity contribution >= 4 is 23.0 Å². The van der Waals surface area contributed by atoms with Crippen LogP contribution in [0.25, 0.3) is 5.57 Å². The lowest BCUT2D eigenvalue weighted by atomic mass is 9.99. The third-order valence-electron chi connectivity index (χ3n) is 5.66. The summed E-state index contributed by atoms with van der Waals surface area (Å²) in [5, 5.41) is 4.47. The fourth-order valence-corrected chi connectivity index (χ4v) is 3.81. The number of Topliss-reactive ketones (excluding diaryl/α,β-unsaturated/α-hetero) is 1. The summed E-state index contributed by atoms with van der Waals surface area (Å²) in [6.07, 6.45) is 5.43. The van der Waals surface area contributed by atoms with Crippen LogP contribution in [-0.2, 0) is 11.2 Å².